The Bertz CT molecular complexity index is 1770. The van der Waals surface area contributed by atoms with Crippen LogP contribution < -0.4 is 5.69 Å². The van der Waals surface area contributed by atoms with Crippen molar-refractivity contribution < 1.29 is 13.2 Å². The number of rotatable bonds is 6. The number of imidazole rings is 2. The zero-order chi connectivity index (χ0) is 29.0. The molecule has 0 aliphatic carbocycles. The first kappa shape index (κ1) is 27.5. The molecular weight excluding hydrogens is 516 g/mol. The third kappa shape index (κ3) is 4.98. The number of hydrogen-bond donors (Lipinski definition) is 0. The first-order valence-corrected chi connectivity index (χ1v) is 12.9. The van der Waals surface area contributed by atoms with Gasteiger partial charge in [0.05, 0.1) is 18.4 Å². The Balaban J connectivity index is 1.53. The minimum Gasteiger partial charge on any atom is -0.348 e. The normalized spacial score (nSPS) is 12.5. The van der Waals surface area contributed by atoms with Gasteiger partial charge in [-0.15, -0.1) is 0 Å². The molecule has 0 spiro atoms. The molecule has 0 bridgehead atoms. The molecule has 0 N–H and O–H groups in total. The highest BCUT2D eigenvalue weighted by Gasteiger charge is 2.36. The summed E-state index contributed by atoms with van der Waals surface area (Å²) in [6.45, 7) is 4.31. The molecule has 8 nitrogen and oxygen atoms in total. The minimum atomic E-state index is -4.55. The highest BCUT2D eigenvalue weighted by Crippen LogP contribution is 2.32. The van der Waals surface area contributed by atoms with Crippen molar-refractivity contribution in [2.75, 3.05) is 0 Å². The number of nitrogens with zero attached hydrogens (tertiary/aromatic N) is 7. The van der Waals surface area contributed by atoms with Crippen LogP contribution in [-0.2, 0) is 25.0 Å². The maximum atomic E-state index is 13.4. The molecule has 0 aliphatic heterocycles. The standard InChI is InChI=1S/C26H27B3F3N7O/c1-14(2)20-17(5-4-10-33-20)21-34-11-18-23(36-21)38(24(40)37(18)3)12-15-6-8-16(9-7-15)22-35-19(25(30,31)32)13-39(22)26(27,28)29/h4-11,13-14H,12,27-29H2,1-3H3. The predicted octanol–water partition coefficient (Wildman–Crippen LogP) is 1.71. The number of aromatic nitrogens is 7. The maximum absolute atomic E-state index is 13.4. The molecule has 4 heterocycles. The molecule has 14 heteroatoms. The van der Waals surface area contributed by atoms with Crippen LogP contribution in [0.2, 0.25) is 0 Å². The number of benzene rings is 1. The lowest BCUT2D eigenvalue weighted by molar-refractivity contribution is -0.140. The number of fused-ring (bicyclic) bond motifs is 1. The Morgan fingerprint density at radius 1 is 1.00 bits per heavy atom. The molecule has 0 fully saturated rings. The van der Waals surface area contributed by atoms with Gasteiger partial charge in [0.15, 0.2) is 17.2 Å². The molecular formula is C26H27B3F3N7O. The van der Waals surface area contributed by atoms with Gasteiger partial charge in [0, 0.05) is 30.6 Å². The number of aryl methyl sites for hydroxylation is 1. The van der Waals surface area contributed by atoms with Gasteiger partial charge in [-0.1, -0.05) is 38.1 Å². The van der Waals surface area contributed by atoms with Crippen LogP contribution in [0.3, 0.4) is 0 Å². The Labute approximate surface area is 231 Å². The first-order chi connectivity index (χ1) is 18.8. The van der Waals surface area contributed by atoms with Crippen LogP contribution in [-0.4, -0.2) is 57.2 Å². The second kappa shape index (κ2) is 9.83. The molecule has 0 amide bonds. The van der Waals surface area contributed by atoms with Crippen LogP contribution >= 0.6 is 0 Å². The van der Waals surface area contributed by atoms with E-state index in [1.165, 1.54) is 9.13 Å². The van der Waals surface area contributed by atoms with Crippen LogP contribution in [0.5, 0.6) is 0 Å². The van der Waals surface area contributed by atoms with Crippen molar-refractivity contribution in [1.29, 1.82) is 0 Å². The van der Waals surface area contributed by atoms with Gasteiger partial charge < -0.3 is 4.57 Å². The van der Waals surface area contributed by atoms with Gasteiger partial charge in [0.2, 0.25) is 0 Å². The smallest absolute Gasteiger partial charge is 0.348 e. The van der Waals surface area contributed by atoms with E-state index in [1.54, 1.807) is 48.3 Å². The van der Waals surface area contributed by atoms with Crippen molar-refractivity contribution in [2.24, 2.45) is 7.05 Å². The fourth-order valence-electron chi connectivity index (χ4n) is 4.69. The molecule has 5 aromatic rings. The lowest BCUT2D eigenvalue weighted by Crippen LogP contribution is -2.35. The van der Waals surface area contributed by atoms with E-state index in [4.69, 9.17) is 4.98 Å². The van der Waals surface area contributed by atoms with Gasteiger partial charge in [0.25, 0.3) is 0 Å². The summed E-state index contributed by atoms with van der Waals surface area (Å²) < 4.78 is 44.9. The fraction of sp³-hybridized carbons (Fsp3) is 0.269. The van der Waals surface area contributed by atoms with Gasteiger partial charge in [-0.05, 0) is 28.9 Å². The zero-order valence-corrected chi connectivity index (χ0v) is 23.2. The van der Waals surface area contributed by atoms with Crippen molar-refractivity contribution in [1.82, 2.24) is 33.6 Å². The van der Waals surface area contributed by atoms with Crippen molar-refractivity contribution in [3.8, 4) is 22.8 Å². The van der Waals surface area contributed by atoms with Crippen molar-refractivity contribution >= 4 is 34.7 Å². The molecule has 0 unspecified atom stereocenters. The van der Waals surface area contributed by atoms with Gasteiger partial charge in [-0.2, -0.15) is 13.2 Å². The molecule has 0 saturated heterocycles. The van der Waals surface area contributed by atoms with E-state index >= 15 is 0 Å². The summed E-state index contributed by atoms with van der Waals surface area (Å²) in [5.41, 5.74) is 2.89. The summed E-state index contributed by atoms with van der Waals surface area (Å²) in [4.78, 5) is 30.9. The minimum absolute atomic E-state index is 0.160. The summed E-state index contributed by atoms with van der Waals surface area (Å²) in [5, 5.41) is -0.609. The van der Waals surface area contributed by atoms with Crippen molar-refractivity contribution in [3.05, 3.63) is 82.4 Å². The van der Waals surface area contributed by atoms with Crippen LogP contribution in [0.25, 0.3) is 33.9 Å². The van der Waals surface area contributed by atoms with E-state index in [0.29, 0.717) is 22.6 Å². The zero-order valence-electron chi connectivity index (χ0n) is 23.2. The monoisotopic (exact) mass is 543 g/mol. The topological polar surface area (TPSA) is 83.4 Å². The van der Waals surface area contributed by atoms with Gasteiger partial charge in [-0.3, -0.25) is 14.1 Å². The summed E-state index contributed by atoms with van der Waals surface area (Å²) in [7, 11) is 7.14. The Morgan fingerprint density at radius 2 is 1.70 bits per heavy atom. The number of halogens is 3. The van der Waals surface area contributed by atoms with Gasteiger partial charge >= 0.3 is 11.9 Å². The molecule has 0 atom stereocenters. The molecule has 40 heavy (non-hydrogen) atoms. The number of hydrogen-bond acceptors (Lipinski definition) is 5. The first-order valence-electron chi connectivity index (χ1n) is 12.9. The lowest BCUT2D eigenvalue weighted by Gasteiger charge is -2.23. The summed E-state index contributed by atoms with van der Waals surface area (Å²) in [6, 6.07) is 10.8. The molecule has 0 saturated carbocycles. The van der Waals surface area contributed by atoms with E-state index in [-0.39, 0.29) is 24.0 Å². The average Bonchev–Trinajstić information content (AvgIpc) is 3.46. The average molecular weight is 543 g/mol. The van der Waals surface area contributed by atoms with Crippen LogP contribution in [0, 0.1) is 0 Å². The second-order valence-corrected chi connectivity index (χ2v) is 11.1. The van der Waals surface area contributed by atoms with E-state index in [0.717, 1.165) is 23.0 Å². The third-order valence-electron chi connectivity index (χ3n) is 6.78. The van der Waals surface area contributed by atoms with Gasteiger partial charge in [-0.25, -0.2) is 19.7 Å². The van der Waals surface area contributed by atoms with E-state index < -0.39 is 17.1 Å². The second-order valence-electron chi connectivity index (χ2n) is 11.1. The molecule has 0 aliphatic rings. The molecule has 202 valence electrons. The van der Waals surface area contributed by atoms with E-state index in [2.05, 4.69) is 15.0 Å². The summed E-state index contributed by atoms with van der Waals surface area (Å²) >= 11 is 0. The van der Waals surface area contributed by atoms with Crippen molar-refractivity contribution in [3.63, 3.8) is 0 Å². The number of alkyl halides is 3. The van der Waals surface area contributed by atoms with E-state index in [9.17, 15) is 18.0 Å². The van der Waals surface area contributed by atoms with Crippen molar-refractivity contribution in [2.45, 2.75) is 37.7 Å². The fourth-order valence-corrected chi connectivity index (χ4v) is 4.69. The predicted molar refractivity (Wildman–Crippen MR) is 155 cm³/mol. The van der Waals surface area contributed by atoms with Crippen LogP contribution in [0.1, 0.15) is 36.7 Å². The molecule has 5 rings (SSSR count). The Kier molecular flexibility index (Phi) is 6.75. The highest BCUT2D eigenvalue weighted by molar-refractivity contribution is 6.56. The molecule has 0 radical (unpaired) electrons. The van der Waals surface area contributed by atoms with E-state index in [1.807, 2.05) is 49.5 Å². The molecule has 4 aromatic heterocycles. The van der Waals surface area contributed by atoms with Crippen LogP contribution in [0.4, 0.5) is 13.2 Å². The number of pyridine rings is 1. The van der Waals surface area contributed by atoms with Crippen LogP contribution in [0.15, 0.2) is 59.8 Å². The highest BCUT2D eigenvalue weighted by atomic mass is 19.4. The largest absolute Gasteiger partial charge is 0.434 e. The quantitative estimate of drug-likeness (QED) is 0.305. The third-order valence-corrected chi connectivity index (χ3v) is 6.78. The molecule has 1 aromatic carbocycles. The SMILES string of the molecule is BC(B)(B)n1cc(C(F)(F)F)nc1-c1ccc(Cn2c(=O)n(C)c3cnc(-c4cccnc4C(C)C)nc32)cc1. The lowest BCUT2D eigenvalue weighted by atomic mass is 9.49. The Morgan fingerprint density at radius 3 is 2.33 bits per heavy atom. The summed E-state index contributed by atoms with van der Waals surface area (Å²) in [5.74, 6) is 0.866. The maximum Gasteiger partial charge on any atom is 0.434 e. The summed E-state index contributed by atoms with van der Waals surface area (Å²) in [6.07, 6.45) is -0.131. The van der Waals surface area contributed by atoms with Gasteiger partial charge in [0.1, 0.15) is 34.9 Å². The Hall–Kier alpha value is -4.09.